The molecule has 0 radical (unpaired) electrons. The minimum atomic E-state index is 0.169. The summed E-state index contributed by atoms with van der Waals surface area (Å²) in [5.41, 5.74) is 0.169. The number of ether oxygens (including phenoxy) is 2. The molecule has 0 aromatic heterocycles. The van der Waals surface area contributed by atoms with Gasteiger partial charge in [0.05, 0.1) is 5.60 Å². The van der Waals surface area contributed by atoms with Crippen LogP contribution >= 0.6 is 0 Å². The summed E-state index contributed by atoms with van der Waals surface area (Å²) in [5, 5.41) is 3.54. The van der Waals surface area contributed by atoms with E-state index in [2.05, 4.69) is 12.4 Å². The predicted octanol–water partition coefficient (Wildman–Crippen LogP) is 2.35. The highest BCUT2D eigenvalue weighted by Crippen LogP contribution is 2.44. The fraction of sp³-hybridized carbons (Fsp3) is 1.00. The van der Waals surface area contributed by atoms with Gasteiger partial charge >= 0.3 is 0 Å². The SMILES string of the molecule is CNC1CCCC1C1CCOC2(CCOCC2)C1. The van der Waals surface area contributed by atoms with Crippen molar-refractivity contribution in [3.05, 3.63) is 0 Å². The van der Waals surface area contributed by atoms with Gasteiger partial charge < -0.3 is 14.8 Å². The van der Waals surface area contributed by atoms with E-state index >= 15 is 0 Å². The first-order valence-corrected chi connectivity index (χ1v) is 7.72. The van der Waals surface area contributed by atoms with Crippen LogP contribution in [-0.2, 0) is 9.47 Å². The number of rotatable bonds is 2. The molecule has 0 amide bonds. The van der Waals surface area contributed by atoms with Gasteiger partial charge in [-0.2, -0.15) is 0 Å². The van der Waals surface area contributed by atoms with Crippen molar-refractivity contribution in [2.45, 2.75) is 56.6 Å². The van der Waals surface area contributed by atoms with Crippen molar-refractivity contribution in [1.29, 1.82) is 0 Å². The van der Waals surface area contributed by atoms with Crippen molar-refractivity contribution in [3.63, 3.8) is 0 Å². The zero-order valence-corrected chi connectivity index (χ0v) is 11.6. The molecule has 0 bridgehead atoms. The summed E-state index contributed by atoms with van der Waals surface area (Å²) in [6.45, 7) is 2.76. The Morgan fingerprint density at radius 1 is 1.06 bits per heavy atom. The summed E-state index contributed by atoms with van der Waals surface area (Å²) in [6.07, 6.45) is 8.96. The molecule has 1 spiro atoms. The van der Waals surface area contributed by atoms with E-state index in [-0.39, 0.29) is 5.60 Å². The van der Waals surface area contributed by atoms with Crippen LogP contribution in [0.3, 0.4) is 0 Å². The zero-order valence-electron chi connectivity index (χ0n) is 11.6. The third-order valence-corrected chi connectivity index (χ3v) is 5.48. The maximum Gasteiger partial charge on any atom is 0.0729 e. The Labute approximate surface area is 111 Å². The van der Waals surface area contributed by atoms with Crippen LogP contribution in [0.15, 0.2) is 0 Å². The lowest BCUT2D eigenvalue weighted by atomic mass is 9.74. The Balaban J connectivity index is 1.66. The predicted molar refractivity (Wildman–Crippen MR) is 71.6 cm³/mol. The van der Waals surface area contributed by atoms with Crippen molar-refractivity contribution in [2.24, 2.45) is 11.8 Å². The largest absolute Gasteiger partial charge is 0.381 e. The zero-order chi connectivity index (χ0) is 12.4. The van der Waals surface area contributed by atoms with E-state index in [0.717, 1.165) is 50.5 Å². The maximum absolute atomic E-state index is 6.16. The normalized spacial score (nSPS) is 40.2. The molecule has 2 heterocycles. The van der Waals surface area contributed by atoms with Crippen molar-refractivity contribution >= 4 is 0 Å². The van der Waals surface area contributed by atoms with Crippen molar-refractivity contribution in [2.75, 3.05) is 26.9 Å². The van der Waals surface area contributed by atoms with E-state index in [0.29, 0.717) is 0 Å². The highest BCUT2D eigenvalue weighted by atomic mass is 16.5. The van der Waals surface area contributed by atoms with Crippen LogP contribution in [-0.4, -0.2) is 38.5 Å². The Morgan fingerprint density at radius 3 is 2.67 bits per heavy atom. The Hall–Kier alpha value is -0.120. The van der Waals surface area contributed by atoms with Gasteiger partial charge in [-0.3, -0.25) is 0 Å². The molecule has 18 heavy (non-hydrogen) atoms. The summed E-state index contributed by atoms with van der Waals surface area (Å²) in [5.74, 6) is 1.76. The lowest BCUT2D eigenvalue weighted by Gasteiger charge is -2.45. The van der Waals surface area contributed by atoms with E-state index < -0.39 is 0 Å². The first-order chi connectivity index (χ1) is 8.83. The van der Waals surface area contributed by atoms with Crippen LogP contribution < -0.4 is 5.32 Å². The first kappa shape index (κ1) is 12.9. The molecule has 1 aliphatic carbocycles. The average Bonchev–Trinajstić information content (AvgIpc) is 2.88. The lowest BCUT2D eigenvalue weighted by Crippen LogP contribution is -2.47. The third kappa shape index (κ3) is 2.45. The van der Waals surface area contributed by atoms with E-state index in [1.807, 2.05) is 0 Å². The van der Waals surface area contributed by atoms with E-state index in [9.17, 15) is 0 Å². The van der Waals surface area contributed by atoms with Gasteiger partial charge in [0.15, 0.2) is 0 Å². The van der Waals surface area contributed by atoms with Gasteiger partial charge in [-0.05, 0) is 57.4 Å². The second-order valence-electron chi connectivity index (χ2n) is 6.39. The van der Waals surface area contributed by atoms with Gasteiger partial charge in [0.2, 0.25) is 0 Å². The average molecular weight is 253 g/mol. The van der Waals surface area contributed by atoms with Crippen LogP contribution in [0, 0.1) is 11.8 Å². The lowest BCUT2D eigenvalue weighted by molar-refractivity contribution is -0.153. The first-order valence-electron chi connectivity index (χ1n) is 7.72. The molecule has 3 unspecified atom stereocenters. The molecule has 3 fully saturated rings. The molecule has 0 aromatic carbocycles. The number of nitrogens with one attached hydrogen (secondary N) is 1. The molecule has 2 saturated heterocycles. The Kier molecular flexibility index (Phi) is 3.92. The molecule has 3 rings (SSSR count). The topological polar surface area (TPSA) is 30.5 Å². The molecule has 3 heteroatoms. The Morgan fingerprint density at radius 2 is 1.89 bits per heavy atom. The van der Waals surface area contributed by atoms with E-state index in [4.69, 9.17) is 9.47 Å². The summed E-state index contributed by atoms with van der Waals surface area (Å²) in [6, 6.07) is 0.755. The molecule has 1 N–H and O–H groups in total. The summed E-state index contributed by atoms with van der Waals surface area (Å²) >= 11 is 0. The van der Waals surface area contributed by atoms with Crippen LogP contribution in [0.5, 0.6) is 0 Å². The number of hydrogen-bond acceptors (Lipinski definition) is 3. The molecular formula is C15H27NO2. The van der Waals surface area contributed by atoms with Crippen molar-refractivity contribution < 1.29 is 9.47 Å². The van der Waals surface area contributed by atoms with Crippen molar-refractivity contribution in [1.82, 2.24) is 5.32 Å². The van der Waals surface area contributed by atoms with Gasteiger partial charge in [0.1, 0.15) is 0 Å². The fourth-order valence-corrected chi connectivity index (χ4v) is 4.43. The number of hydrogen-bond donors (Lipinski definition) is 1. The summed E-state index contributed by atoms with van der Waals surface area (Å²) in [7, 11) is 2.13. The second kappa shape index (κ2) is 5.48. The van der Waals surface area contributed by atoms with Crippen LogP contribution in [0.2, 0.25) is 0 Å². The molecule has 3 aliphatic rings. The minimum absolute atomic E-state index is 0.169. The summed E-state index contributed by atoms with van der Waals surface area (Å²) < 4.78 is 11.7. The summed E-state index contributed by atoms with van der Waals surface area (Å²) in [4.78, 5) is 0. The fourth-order valence-electron chi connectivity index (χ4n) is 4.43. The molecular weight excluding hydrogens is 226 g/mol. The quantitative estimate of drug-likeness (QED) is 0.819. The van der Waals surface area contributed by atoms with E-state index in [1.165, 1.54) is 32.1 Å². The van der Waals surface area contributed by atoms with Gasteiger partial charge in [0.25, 0.3) is 0 Å². The van der Waals surface area contributed by atoms with Crippen LogP contribution in [0.1, 0.15) is 44.9 Å². The minimum Gasteiger partial charge on any atom is -0.381 e. The van der Waals surface area contributed by atoms with Crippen LogP contribution in [0.4, 0.5) is 0 Å². The van der Waals surface area contributed by atoms with Gasteiger partial charge in [-0.25, -0.2) is 0 Å². The van der Waals surface area contributed by atoms with Crippen LogP contribution in [0.25, 0.3) is 0 Å². The van der Waals surface area contributed by atoms with Gasteiger partial charge in [-0.1, -0.05) is 6.42 Å². The standard InChI is InChI=1S/C15H27NO2/c1-16-14-4-2-3-13(14)12-5-8-18-15(11-12)6-9-17-10-7-15/h12-14,16H,2-11H2,1H3. The van der Waals surface area contributed by atoms with E-state index in [1.54, 1.807) is 0 Å². The highest BCUT2D eigenvalue weighted by molar-refractivity contribution is 4.95. The van der Waals surface area contributed by atoms with Gasteiger partial charge in [0, 0.05) is 25.9 Å². The molecule has 2 aliphatic heterocycles. The molecule has 3 atom stereocenters. The highest BCUT2D eigenvalue weighted by Gasteiger charge is 2.43. The molecule has 1 saturated carbocycles. The third-order valence-electron chi connectivity index (χ3n) is 5.48. The van der Waals surface area contributed by atoms with Gasteiger partial charge in [-0.15, -0.1) is 0 Å². The maximum atomic E-state index is 6.16. The molecule has 3 nitrogen and oxygen atoms in total. The van der Waals surface area contributed by atoms with Crippen molar-refractivity contribution in [3.8, 4) is 0 Å². The monoisotopic (exact) mass is 253 g/mol. The smallest absolute Gasteiger partial charge is 0.0729 e. The second-order valence-corrected chi connectivity index (χ2v) is 6.39. The Bertz CT molecular complexity index is 270. The molecule has 104 valence electrons. The molecule has 0 aromatic rings.